The minimum Gasteiger partial charge on any atom is -0.477 e. The Labute approximate surface area is 177 Å². The fourth-order valence-electron chi connectivity index (χ4n) is 4.04. The highest BCUT2D eigenvalue weighted by Crippen LogP contribution is 2.34. The molecular weight excluding hydrogens is 400 g/mol. The summed E-state index contributed by atoms with van der Waals surface area (Å²) >= 11 is 0. The quantitative estimate of drug-likeness (QED) is 0.588. The molecule has 0 spiro atoms. The second kappa shape index (κ2) is 7.75. The van der Waals surface area contributed by atoms with Crippen LogP contribution in [-0.4, -0.2) is 45.1 Å². The number of aromatic nitrogens is 3. The molecule has 0 saturated carbocycles. The van der Waals surface area contributed by atoms with Gasteiger partial charge in [-0.3, -0.25) is 14.5 Å². The number of carbonyl (C=O) groups excluding carboxylic acids is 1. The van der Waals surface area contributed by atoms with Crippen LogP contribution in [0.5, 0.6) is 11.5 Å². The number of carbonyl (C=O) groups is 2. The number of nitrogens with zero attached hydrogens (tertiary/aromatic N) is 3. The molecule has 1 aromatic carbocycles. The summed E-state index contributed by atoms with van der Waals surface area (Å²) in [6, 6.07) is 6.91. The van der Waals surface area contributed by atoms with Crippen molar-refractivity contribution in [3.8, 4) is 22.8 Å². The van der Waals surface area contributed by atoms with Gasteiger partial charge >= 0.3 is 5.97 Å². The predicted molar refractivity (Wildman–Crippen MR) is 109 cm³/mol. The van der Waals surface area contributed by atoms with Crippen molar-refractivity contribution in [1.29, 1.82) is 0 Å². The van der Waals surface area contributed by atoms with E-state index in [4.69, 9.17) is 9.47 Å². The first-order valence-electron chi connectivity index (χ1n) is 10.1. The van der Waals surface area contributed by atoms with Crippen molar-refractivity contribution in [2.45, 2.75) is 25.8 Å². The van der Waals surface area contributed by atoms with Crippen LogP contribution >= 0.6 is 0 Å². The molecule has 9 heteroatoms. The van der Waals surface area contributed by atoms with Crippen molar-refractivity contribution in [1.82, 2.24) is 20.1 Å². The first-order valence-corrected chi connectivity index (χ1v) is 10.1. The number of carboxylic acids is 1. The number of nitrogens with one attached hydrogen (secondary N) is 1. The van der Waals surface area contributed by atoms with Gasteiger partial charge < -0.3 is 19.9 Å². The van der Waals surface area contributed by atoms with Gasteiger partial charge in [0.15, 0.2) is 11.5 Å². The summed E-state index contributed by atoms with van der Waals surface area (Å²) in [4.78, 5) is 28.5. The van der Waals surface area contributed by atoms with E-state index in [0.717, 1.165) is 23.1 Å². The van der Waals surface area contributed by atoms with E-state index in [1.165, 1.54) is 4.68 Å². The molecule has 0 bridgehead atoms. The zero-order valence-electron chi connectivity index (χ0n) is 16.6. The highest BCUT2D eigenvalue weighted by atomic mass is 16.7. The zero-order valence-corrected chi connectivity index (χ0v) is 16.6. The number of carboxylic acid groups (broad SMARTS) is 1. The maximum Gasteiger partial charge on any atom is 0.354 e. The molecule has 2 N–H and O–H groups in total. The van der Waals surface area contributed by atoms with Gasteiger partial charge in [-0.05, 0) is 49.1 Å². The molecular formula is C22H20N4O5. The molecule has 2 aromatic heterocycles. The minimum atomic E-state index is -0.990. The monoisotopic (exact) mass is 420 g/mol. The van der Waals surface area contributed by atoms with Crippen molar-refractivity contribution < 1.29 is 24.2 Å². The molecule has 5 rings (SSSR count). The van der Waals surface area contributed by atoms with Crippen molar-refractivity contribution in [2.24, 2.45) is 0 Å². The number of hydrogen-bond acceptors (Lipinski definition) is 6. The van der Waals surface area contributed by atoms with Gasteiger partial charge in [-0.1, -0.05) is 0 Å². The Morgan fingerprint density at radius 3 is 2.90 bits per heavy atom. The van der Waals surface area contributed by atoms with Crippen molar-refractivity contribution >= 4 is 11.9 Å². The molecule has 1 amide bonds. The van der Waals surface area contributed by atoms with E-state index < -0.39 is 5.97 Å². The number of pyridine rings is 1. The third-order valence-electron chi connectivity index (χ3n) is 5.52. The highest BCUT2D eigenvalue weighted by Gasteiger charge is 2.28. The number of benzene rings is 1. The average Bonchev–Trinajstić information content (AvgIpc) is 3.40. The first kappa shape index (κ1) is 19.1. The van der Waals surface area contributed by atoms with Gasteiger partial charge in [0.2, 0.25) is 6.79 Å². The molecule has 9 nitrogen and oxygen atoms in total. The van der Waals surface area contributed by atoms with Crippen LogP contribution < -0.4 is 14.8 Å². The van der Waals surface area contributed by atoms with E-state index in [-0.39, 0.29) is 18.4 Å². The average molecular weight is 420 g/mol. The molecule has 1 aliphatic carbocycles. The van der Waals surface area contributed by atoms with E-state index in [9.17, 15) is 14.7 Å². The first-order chi connectivity index (χ1) is 15.1. The molecule has 158 valence electrons. The number of aromatic carboxylic acids is 1. The summed E-state index contributed by atoms with van der Waals surface area (Å²) in [6.45, 7) is 0.926. The molecule has 0 saturated heterocycles. The molecule has 1 aliphatic heterocycles. The van der Waals surface area contributed by atoms with Crippen LogP contribution in [0.1, 0.15) is 38.4 Å². The Hall–Kier alpha value is -3.88. The second-order valence-corrected chi connectivity index (χ2v) is 7.41. The maximum absolute atomic E-state index is 12.4. The van der Waals surface area contributed by atoms with Gasteiger partial charge in [0.05, 0.1) is 5.69 Å². The number of hydrogen-bond donors (Lipinski definition) is 2. The summed E-state index contributed by atoms with van der Waals surface area (Å²) in [5.74, 6) is -0.0392. The van der Waals surface area contributed by atoms with Crippen molar-refractivity contribution in [2.75, 3.05) is 13.3 Å². The van der Waals surface area contributed by atoms with Gasteiger partial charge in [-0.2, -0.15) is 5.10 Å². The van der Waals surface area contributed by atoms with E-state index in [1.807, 2.05) is 12.3 Å². The van der Waals surface area contributed by atoms with Crippen LogP contribution in [0.2, 0.25) is 0 Å². The Balaban J connectivity index is 1.26. The highest BCUT2D eigenvalue weighted by molar-refractivity contribution is 5.95. The Bertz CT molecular complexity index is 1190. The number of amides is 1. The molecule has 0 unspecified atom stereocenters. The van der Waals surface area contributed by atoms with Gasteiger partial charge in [-0.25, -0.2) is 4.79 Å². The number of aryl methyl sites for hydroxylation is 2. The number of fused-ring (bicyclic) bond motifs is 4. The second-order valence-electron chi connectivity index (χ2n) is 7.41. The standard InChI is InChI=1S/C22H20N4O5/c27-21(13-3-5-17-18(10-13)31-12-30-17)24-7-1-9-26-20(22(28)29)16-4-2-14-11-23-8-6-15(14)19(16)25-26/h3,5-6,8,10-11H,1-2,4,7,9,12H2,(H,24,27)(H,28,29). The SMILES string of the molecule is O=C(NCCCn1nc2c(c1C(=O)O)CCc1cnccc1-2)c1ccc2c(c1)OCO2. The van der Waals surface area contributed by atoms with Crippen molar-refractivity contribution in [3.63, 3.8) is 0 Å². The Morgan fingerprint density at radius 1 is 1.16 bits per heavy atom. The summed E-state index contributed by atoms with van der Waals surface area (Å²) < 4.78 is 12.1. The van der Waals surface area contributed by atoms with Crippen molar-refractivity contribution in [3.05, 3.63) is 59.0 Å². The molecule has 3 aromatic rings. The maximum atomic E-state index is 12.4. The third kappa shape index (κ3) is 3.48. The predicted octanol–water partition coefficient (Wildman–Crippen LogP) is 2.29. The number of rotatable bonds is 6. The fourth-order valence-corrected chi connectivity index (χ4v) is 4.04. The summed E-state index contributed by atoms with van der Waals surface area (Å²) in [6.07, 6.45) is 5.41. The van der Waals surface area contributed by atoms with Gasteiger partial charge in [0.25, 0.3) is 5.91 Å². The van der Waals surface area contributed by atoms with Crippen LogP contribution in [0, 0.1) is 0 Å². The molecule has 2 aliphatic rings. The number of ether oxygens (including phenoxy) is 2. The summed E-state index contributed by atoms with van der Waals surface area (Å²) in [5, 5.41) is 17.2. The van der Waals surface area contributed by atoms with Gasteiger partial charge in [-0.15, -0.1) is 0 Å². The van der Waals surface area contributed by atoms with Crippen LogP contribution in [0.4, 0.5) is 0 Å². The van der Waals surface area contributed by atoms with Crippen LogP contribution in [0.3, 0.4) is 0 Å². The molecule has 3 heterocycles. The lowest BCUT2D eigenvalue weighted by Crippen LogP contribution is -2.25. The molecule has 0 atom stereocenters. The van der Waals surface area contributed by atoms with E-state index in [2.05, 4.69) is 15.4 Å². The topological polar surface area (TPSA) is 116 Å². The molecule has 0 radical (unpaired) electrons. The van der Waals surface area contributed by atoms with Crippen LogP contribution in [-0.2, 0) is 19.4 Å². The smallest absolute Gasteiger partial charge is 0.354 e. The lowest BCUT2D eigenvalue weighted by Gasteiger charge is -2.14. The van der Waals surface area contributed by atoms with Crippen LogP contribution in [0.15, 0.2) is 36.7 Å². The van der Waals surface area contributed by atoms with Crippen LogP contribution in [0.25, 0.3) is 11.3 Å². The third-order valence-corrected chi connectivity index (χ3v) is 5.52. The minimum absolute atomic E-state index is 0.154. The lowest BCUT2D eigenvalue weighted by molar-refractivity contribution is 0.0681. The molecule has 0 fully saturated rings. The van der Waals surface area contributed by atoms with E-state index in [0.29, 0.717) is 48.7 Å². The summed E-state index contributed by atoms with van der Waals surface area (Å²) in [5.41, 5.74) is 4.19. The summed E-state index contributed by atoms with van der Waals surface area (Å²) in [7, 11) is 0. The van der Waals surface area contributed by atoms with E-state index >= 15 is 0 Å². The Morgan fingerprint density at radius 2 is 2.03 bits per heavy atom. The van der Waals surface area contributed by atoms with E-state index in [1.54, 1.807) is 24.4 Å². The zero-order chi connectivity index (χ0) is 21.4. The largest absolute Gasteiger partial charge is 0.477 e. The lowest BCUT2D eigenvalue weighted by atomic mass is 9.90. The fraction of sp³-hybridized carbons (Fsp3) is 0.273. The van der Waals surface area contributed by atoms with Gasteiger partial charge in [0, 0.05) is 42.2 Å². The normalized spacial score (nSPS) is 13.4. The molecule has 31 heavy (non-hydrogen) atoms. The Kier molecular flexibility index (Phi) is 4.78. The van der Waals surface area contributed by atoms with Gasteiger partial charge in [0.1, 0.15) is 5.69 Å².